The maximum Gasteiger partial charge on any atom is 0.416 e. The zero-order chi connectivity index (χ0) is 14.8. The molecule has 1 aromatic carbocycles. The fraction of sp³-hybridized carbons (Fsp3) is 0.571. The molecule has 0 aliphatic carbocycles. The van der Waals surface area contributed by atoms with E-state index >= 15 is 0 Å². The van der Waals surface area contributed by atoms with Gasteiger partial charge in [-0.15, -0.1) is 11.6 Å². The van der Waals surface area contributed by atoms with Crippen LogP contribution in [-0.4, -0.2) is 26.3 Å². The Labute approximate surface area is 121 Å². The van der Waals surface area contributed by atoms with E-state index < -0.39 is 11.7 Å². The van der Waals surface area contributed by atoms with Crippen molar-refractivity contribution in [3.63, 3.8) is 0 Å². The highest BCUT2D eigenvalue weighted by Crippen LogP contribution is 2.35. The van der Waals surface area contributed by atoms with Crippen molar-refractivity contribution < 1.29 is 17.9 Å². The molecule has 0 amide bonds. The van der Waals surface area contributed by atoms with Gasteiger partial charge < -0.3 is 9.64 Å². The molecule has 1 aliphatic rings. The first-order valence-electron chi connectivity index (χ1n) is 6.50. The Balaban J connectivity index is 2.19. The molecule has 1 saturated heterocycles. The van der Waals surface area contributed by atoms with Crippen molar-refractivity contribution in [2.75, 3.05) is 25.1 Å². The average molecular weight is 308 g/mol. The number of alkyl halides is 4. The van der Waals surface area contributed by atoms with Crippen LogP contribution < -0.4 is 4.90 Å². The van der Waals surface area contributed by atoms with Gasteiger partial charge in [-0.25, -0.2) is 0 Å². The minimum absolute atomic E-state index is 0.0991. The molecule has 1 fully saturated rings. The first-order valence-corrected chi connectivity index (χ1v) is 7.04. The summed E-state index contributed by atoms with van der Waals surface area (Å²) < 4.78 is 44.4. The largest absolute Gasteiger partial charge is 0.416 e. The summed E-state index contributed by atoms with van der Waals surface area (Å²) in [4.78, 5) is 1.79. The van der Waals surface area contributed by atoms with Gasteiger partial charge in [0.05, 0.1) is 11.7 Å². The molecule has 0 saturated carbocycles. The number of rotatable bonds is 4. The van der Waals surface area contributed by atoms with Crippen LogP contribution in [0.4, 0.5) is 18.9 Å². The summed E-state index contributed by atoms with van der Waals surface area (Å²) in [5.74, 6) is -0.148. The van der Waals surface area contributed by atoms with Gasteiger partial charge >= 0.3 is 6.18 Å². The van der Waals surface area contributed by atoms with Crippen molar-refractivity contribution in [1.29, 1.82) is 0 Å². The van der Waals surface area contributed by atoms with Crippen LogP contribution in [0.2, 0.25) is 0 Å². The van der Waals surface area contributed by atoms with Gasteiger partial charge in [-0.05, 0) is 30.5 Å². The average Bonchev–Trinajstić information content (AvgIpc) is 2.89. The quantitative estimate of drug-likeness (QED) is 0.778. The lowest BCUT2D eigenvalue weighted by molar-refractivity contribution is -0.138. The van der Waals surface area contributed by atoms with E-state index in [4.69, 9.17) is 16.3 Å². The van der Waals surface area contributed by atoms with E-state index in [1.807, 2.05) is 0 Å². The van der Waals surface area contributed by atoms with E-state index in [1.165, 1.54) is 6.07 Å². The predicted octanol–water partition coefficient (Wildman–Crippen LogP) is 4.06. The van der Waals surface area contributed by atoms with Crippen molar-refractivity contribution in [2.24, 2.45) is 0 Å². The zero-order valence-electron chi connectivity index (χ0n) is 11.2. The van der Waals surface area contributed by atoms with Crippen LogP contribution >= 0.6 is 11.6 Å². The third-order valence-electron chi connectivity index (χ3n) is 3.49. The second kappa shape index (κ2) is 6.22. The van der Waals surface area contributed by atoms with Crippen LogP contribution in [-0.2, 0) is 16.8 Å². The van der Waals surface area contributed by atoms with E-state index in [0.717, 1.165) is 25.5 Å². The van der Waals surface area contributed by atoms with Gasteiger partial charge in [0, 0.05) is 31.8 Å². The molecular weight excluding hydrogens is 291 g/mol. The molecule has 0 aromatic heterocycles. The van der Waals surface area contributed by atoms with Gasteiger partial charge in [0.1, 0.15) is 0 Å². The minimum atomic E-state index is -4.38. The van der Waals surface area contributed by atoms with E-state index in [-0.39, 0.29) is 17.5 Å². The van der Waals surface area contributed by atoms with Crippen LogP contribution in [0.15, 0.2) is 18.2 Å². The summed E-state index contributed by atoms with van der Waals surface area (Å²) in [6.07, 6.45) is -2.32. The molecule has 6 heteroatoms. The molecule has 0 bridgehead atoms. The van der Waals surface area contributed by atoms with E-state index in [2.05, 4.69) is 0 Å². The zero-order valence-corrected chi connectivity index (χ0v) is 12.0. The number of nitrogens with zero attached hydrogens (tertiary/aromatic N) is 1. The number of likely N-dealkylation sites (N-methyl/N-ethyl adjacent to an activating group) is 1. The highest BCUT2D eigenvalue weighted by atomic mass is 35.5. The molecular formula is C14H17ClF3NO. The summed E-state index contributed by atoms with van der Waals surface area (Å²) in [7, 11) is 1.78. The van der Waals surface area contributed by atoms with Crippen LogP contribution in [0.5, 0.6) is 0 Å². The van der Waals surface area contributed by atoms with Gasteiger partial charge in [0.15, 0.2) is 0 Å². The SMILES string of the molecule is CN(CC1CCCO1)c1ccc(CCl)c(C(F)(F)F)c1. The van der Waals surface area contributed by atoms with Crippen molar-refractivity contribution in [2.45, 2.75) is 31.0 Å². The Morgan fingerprint density at radius 1 is 1.40 bits per heavy atom. The van der Waals surface area contributed by atoms with Crippen molar-refractivity contribution in [3.8, 4) is 0 Å². The van der Waals surface area contributed by atoms with Crippen LogP contribution in [0, 0.1) is 0 Å². The summed E-state index contributed by atoms with van der Waals surface area (Å²) in [6, 6.07) is 4.27. The Morgan fingerprint density at radius 2 is 2.15 bits per heavy atom. The third-order valence-corrected chi connectivity index (χ3v) is 3.77. The fourth-order valence-electron chi connectivity index (χ4n) is 2.38. The first-order chi connectivity index (χ1) is 9.41. The molecule has 1 aliphatic heterocycles. The van der Waals surface area contributed by atoms with Gasteiger partial charge in [-0.3, -0.25) is 0 Å². The lowest BCUT2D eigenvalue weighted by Crippen LogP contribution is -2.28. The minimum Gasteiger partial charge on any atom is -0.376 e. The van der Waals surface area contributed by atoms with Gasteiger partial charge in [0.25, 0.3) is 0 Å². The van der Waals surface area contributed by atoms with Crippen LogP contribution in [0.1, 0.15) is 24.0 Å². The first kappa shape index (κ1) is 15.4. The normalized spacial score (nSPS) is 19.4. The maximum absolute atomic E-state index is 13.0. The smallest absolute Gasteiger partial charge is 0.376 e. The summed E-state index contributed by atoms with van der Waals surface area (Å²) >= 11 is 5.57. The molecule has 1 aromatic rings. The van der Waals surface area contributed by atoms with Gasteiger partial charge in [-0.2, -0.15) is 13.2 Å². The predicted molar refractivity (Wildman–Crippen MR) is 73.2 cm³/mol. The molecule has 20 heavy (non-hydrogen) atoms. The van der Waals surface area contributed by atoms with E-state index in [0.29, 0.717) is 12.2 Å². The molecule has 0 radical (unpaired) electrons. The third kappa shape index (κ3) is 3.58. The highest BCUT2D eigenvalue weighted by molar-refractivity contribution is 6.17. The summed E-state index contributed by atoms with van der Waals surface area (Å²) in [6.45, 7) is 1.33. The monoisotopic (exact) mass is 307 g/mol. The number of hydrogen-bond acceptors (Lipinski definition) is 2. The Hall–Kier alpha value is -0.940. The van der Waals surface area contributed by atoms with E-state index in [9.17, 15) is 13.2 Å². The molecule has 1 atom stereocenters. The molecule has 2 rings (SSSR count). The molecule has 0 spiro atoms. The van der Waals surface area contributed by atoms with Gasteiger partial charge in [0.2, 0.25) is 0 Å². The molecule has 112 valence electrons. The summed E-state index contributed by atoms with van der Waals surface area (Å²) in [5.41, 5.74) is -0.0284. The lowest BCUT2D eigenvalue weighted by Gasteiger charge is -2.24. The number of ether oxygens (including phenoxy) is 1. The Bertz CT molecular complexity index is 458. The standard InChI is InChI=1S/C14H17ClF3NO/c1-19(9-12-3-2-6-20-12)11-5-4-10(8-15)13(7-11)14(16,17)18/h4-5,7,12H,2-3,6,8-9H2,1H3. The second-order valence-electron chi connectivity index (χ2n) is 4.99. The molecule has 1 unspecified atom stereocenters. The van der Waals surface area contributed by atoms with Gasteiger partial charge in [-0.1, -0.05) is 6.07 Å². The molecule has 1 heterocycles. The molecule has 2 nitrogen and oxygen atoms in total. The number of anilines is 1. The van der Waals surface area contributed by atoms with Crippen molar-refractivity contribution >= 4 is 17.3 Å². The topological polar surface area (TPSA) is 12.5 Å². The number of hydrogen-bond donors (Lipinski definition) is 0. The Kier molecular flexibility index (Phi) is 4.81. The van der Waals surface area contributed by atoms with Crippen molar-refractivity contribution in [3.05, 3.63) is 29.3 Å². The highest BCUT2D eigenvalue weighted by Gasteiger charge is 2.33. The summed E-state index contributed by atoms with van der Waals surface area (Å²) in [5, 5.41) is 0. The van der Waals surface area contributed by atoms with Crippen LogP contribution in [0.3, 0.4) is 0 Å². The van der Waals surface area contributed by atoms with Crippen LogP contribution in [0.25, 0.3) is 0 Å². The molecule has 0 N–H and O–H groups in total. The second-order valence-corrected chi connectivity index (χ2v) is 5.26. The lowest BCUT2D eigenvalue weighted by atomic mass is 10.1. The maximum atomic E-state index is 13.0. The Morgan fingerprint density at radius 3 is 2.70 bits per heavy atom. The van der Waals surface area contributed by atoms with Crippen molar-refractivity contribution in [1.82, 2.24) is 0 Å². The van der Waals surface area contributed by atoms with E-state index in [1.54, 1.807) is 18.0 Å². The fourth-order valence-corrected chi connectivity index (χ4v) is 2.61. The number of benzene rings is 1. The number of halogens is 4.